The minimum absolute atomic E-state index is 0.0225. The predicted molar refractivity (Wildman–Crippen MR) is 136 cm³/mol. The van der Waals surface area contributed by atoms with Gasteiger partial charge in [-0.15, -0.1) is 0 Å². The number of rotatable bonds is 10. The van der Waals surface area contributed by atoms with E-state index in [4.69, 9.17) is 17.0 Å². The van der Waals surface area contributed by atoms with Crippen LogP contribution in [0.2, 0.25) is 0 Å². The van der Waals surface area contributed by atoms with Crippen LogP contribution in [-0.2, 0) is 17.8 Å². The molecule has 0 aliphatic heterocycles. The molecule has 4 rings (SSSR count). The smallest absolute Gasteiger partial charge is 0.222 e. The molecule has 0 radical (unpaired) electrons. The second-order valence-corrected chi connectivity index (χ2v) is 8.42. The van der Waals surface area contributed by atoms with E-state index >= 15 is 0 Å². The Bertz CT molecular complexity index is 1250. The normalized spacial score (nSPS) is 11.7. The molecule has 174 valence electrons. The Morgan fingerprint density at radius 2 is 1.71 bits per heavy atom. The molecule has 6 nitrogen and oxygen atoms in total. The van der Waals surface area contributed by atoms with E-state index in [2.05, 4.69) is 39.8 Å². The lowest BCUT2D eigenvalue weighted by Crippen LogP contribution is -2.29. The number of aryl methyl sites for hydroxylation is 1. The summed E-state index contributed by atoms with van der Waals surface area (Å²) in [4.78, 5) is 13.0. The molecule has 1 atom stereocenters. The lowest BCUT2D eigenvalue weighted by molar-refractivity contribution is -0.122. The van der Waals surface area contributed by atoms with Gasteiger partial charge in [-0.3, -0.25) is 14.5 Å². The Kier molecular flexibility index (Phi) is 7.88. The Labute approximate surface area is 204 Å². The van der Waals surface area contributed by atoms with Gasteiger partial charge in [-0.2, -0.15) is 5.10 Å². The highest BCUT2D eigenvalue weighted by molar-refractivity contribution is 7.71. The van der Waals surface area contributed by atoms with Crippen molar-refractivity contribution in [2.45, 2.75) is 31.8 Å². The van der Waals surface area contributed by atoms with E-state index in [1.54, 1.807) is 7.11 Å². The Hall–Kier alpha value is -3.71. The third-order valence-electron chi connectivity index (χ3n) is 5.77. The van der Waals surface area contributed by atoms with Crippen LogP contribution in [0.4, 0.5) is 0 Å². The molecule has 1 aromatic heterocycles. The second-order valence-electron chi connectivity index (χ2n) is 8.04. The number of hydrogen-bond acceptors (Lipinski definition) is 4. The standard InChI is InChI=1S/C27H28N4O2S/c1-33-23-15-13-22(14-16-23)26-29-30-27(34)31(26)19-18-25(32)28-24(21-10-6-3-7-11-21)17-12-20-8-4-2-5-9-20/h2-11,13-16,24H,12,17-19H2,1H3,(H,28,32)(H,30,34). The van der Waals surface area contributed by atoms with E-state index in [0.717, 1.165) is 29.7 Å². The van der Waals surface area contributed by atoms with Crippen molar-refractivity contribution in [2.75, 3.05) is 7.11 Å². The molecule has 0 aliphatic carbocycles. The van der Waals surface area contributed by atoms with Crippen LogP contribution in [0.15, 0.2) is 84.9 Å². The van der Waals surface area contributed by atoms with Crippen LogP contribution in [0.1, 0.15) is 30.0 Å². The number of nitrogens with one attached hydrogen (secondary N) is 2. The number of aromatic nitrogens is 3. The number of amides is 1. The zero-order valence-corrected chi connectivity index (χ0v) is 19.9. The minimum Gasteiger partial charge on any atom is -0.497 e. The molecule has 4 aromatic rings. The van der Waals surface area contributed by atoms with E-state index in [1.807, 2.05) is 65.2 Å². The van der Waals surface area contributed by atoms with Gasteiger partial charge < -0.3 is 10.1 Å². The maximum Gasteiger partial charge on any atom is 0.222 e. The number of aromatic amines is 1. The lowest BCUT2D eigenvalue weighted by Gasteiger charge is -2.20. The van der Waals surface area contributed by atoms with E-state index in [1.165, 1.54) is 5.56 Å². The zero-order chi connectivity index (χ0) is 23.8. The van der Waals surface area contributed by atoms with E-state index < -0.39 is 0 Å². The second kappa shape index (κ2) is 11.4. The van der Waals surface area contributed by atoms with Gasteiger partial charge in [0, 0.05) is 18.5 Å². The molecular weight excluding hydrogens is 444 g/mol. The summed E-state index contributed by atoms with van der Waals surface area (Å²) in [6, 6.07) is 28.0. The van der Waals surface area contributed by atoms with Gasteiger partial charge in [-0.1, -0.05) is 60.7 Å². The molecule has 1 amide bonds. The topological polar surface area (TPSA) is 71.9 Å². The van der Waals surface area contributed by atoms with Crippen LogP contribution in [0, 0.1) is 4.77 Å². The van der Waals surface area contributed by atoms with Gasteiger partial charge in [-0.25, -0.2) is 0 Å². The zero-order valence-electron chi connectivity index (χ0n) is 19.1. The van der Waals surface area contributed by atoms with Crippen LogP contribution in [0.5, 0.6) is 5.75 Å². The number of hydrogen-bond donors (Lipinski definition) is 2. The highest BCUT2D eigenvalue weighted by Crippen LogP contribution is 2.22. The van der Waals surface area contributed by atoms with Crippen LogP contribution in [0.3, 0.4) is 0 Å². The summed E-state index contributed by atoms with van der Waals surface area (Å²) in [6.45, 7) is 0.433. The third kappa shape index (κ3) is 5.99. The fourth-order valence-corrected chi connectivity index (χ4v) is 4.15. The first kappa shape index (κ1) is 23.4. The average molecular weight is 473 g/mol. The largest absolute Gasteiger partial charge is 0.497 e. The molecule has 0 fully saturated rings. The summed E-state index contributed by atoms with van der Waals surface area (Å²) < 4.78 is 7.58. The van der Waals surface area contributed by atoms with Crippen molar-refractivity contribution in [1.82, 2.24) is 20.1 Å². The van der Waals surface area contributed by atoms with Crippen molar-refractivity contribution in [3.63, 3.8) is 0 Å². The van der Waals surface area contributed by atoms with Crippen LogP contribution >= 0.6 is 12.2 Å². The predicted octanol–water partition coefficient (Wildman–Crippen LogP) is 5.50. The van der Waals surface area contributed by atoms with Gasteiger partial charge >= 0.3 is 0 Å². The lowest BCUT2D eigenvalue weighted by atomic mass is 9.99. The van der Waals surface area contributed by atoms with E-state index in [9.17, 15) is 4.79 Å². The number of nitrogens with zero attached hydrogens (tertiary/aromatic N) is 2. The number of benzene rings is 3. The molecule has 1 heterocycles. The number of H-pyrrole nitrogens is 1. The molecule has 0 aliphatic rings. The van der Waals surface area contributed by atoms with Crippen molar-refractivity contribution in [3.8, 4) is 17.1 Å². The molecule has 2 N–H and O–H groups in total. The SMILES string of the molecule is COc1ccc(-c2n[nH]c(=S)n2CCC(=O)NC(CCc2ccccc2)c2ccccc2)cc1. The summed E-state index contributed by atoms with van der Waals surface area (Å²) in [5.74, 6) is 1.45. The summed E-state index contributed by atoms with van der Waals surface area (Å²) >= 11 is 5.42. The molecule has 0 saturated carbocycles. The Morgan fingerprint density at radius 1 is 1.03 bits per heavy atom. The summed E-state index contributed by atoms with van der Waals surface area (Å²) in [7, 11) is 1.63. The Morgan fingerprint density at radius 3 is 2.38 bits per heavy atom. The van der Waals surface area contributed by atoms with Crippen LogP contribution in [-0.4, -0.2) is 27.8 Å². The summed E-state index contributed by atoms with van der Waals surface area (Å²) in [5, 5.41) is 10.4. The van der Waals surface area contributed by atoms with Crippen molar-refractivity contribution < 1.29 is 9.53 Å². The number of carbonyl (C=O) groups excluding carboxylic acids is 1. The summed E-state index contributed by atoms with van der Waals surface area (Å²) in [6.07, 6.45) is 2.00. The fraction of sp³-hybridized carbons (Fsp3) is 0.222. The summed E-state index contributed by atoms with van der Waals surface area (Å²) in [5.41, 5.74) is 3.26. The molecule has 34 heavy (non-hydrogen) atoms. The fourth-order valence-electron chi connectivity index (χ4n) is 3.93. The molecule has 7 heteroatoms. The van der Waals surface area contributed by atoms with Gasteiger partial charge in [-0.05, 0) is 60.5 Å². The van der Waals surface area contributed by atoms with Crippen molar-refractivity contribution in [1.29, 1.82) is 0 Å². The minimum atomic E-state index is -0.0627. The van der Waals surface area contributed by atoms with Crippen molar-refractivity contribution in [3.05, 3.63) is 101 Å². The molecule has 3 aromatic carbocycles. The molecule has 1 unspecified atom stereocenters. The van der Waals surface area contributed by atoms with Gasteiger partial charge in [0.1, 0.15) is 5.75 Å². The highest BCUT2D eigenvalue weighted by atomic mass is 32.1. The molecule has 0 bridgehead atoms. The molecule has 0 spiro atoms. The number of carbonyl (C=O) groups is 1. The first-order chi connectivity index (χ1) is 16.6. The van der Waals surface area contributed by atoms with Gasteiger partial charge in [0.25, 0.3) is 0 Å². The maximum atomic E-state index is 13.0. The Balaban J connectivity index is 1.43. The van der Waals surface area contributed by atoms with Gasteiger partial charge in [0.2, 0.25) is 5.91 Å². The third-order valence-corrected chi connectivity index (χ3v) is 6.08. The van der Waals surface area contributed by atoms with E-state index in [0.29, 0.717) is 23.6 Å². The van der Waals surface area contributed by atoms with E-state index in [-0.39, 0.29) is 11.9 Å². The molecule has 0 saturated heterocycles. The van der Waals surface area contributed by atoms with Crippen LogP contribution < -0.4 is 10.1 Å². The highest BCUT2D eigenvalue weighted by Gasteiger charge is 2.16. The van der Waals surface area contributed by atoms with Crippen molar-refractivity contribution in [2.24, 2.45) is 0 Å². The number of ether oxygens (including phenoxy) is 1. The first-order valence-corrected chi connectivity index (χ1v) is 11.7. The first-order valence-electron chi connectivity index (χ1n) is 11.3. The monoisotopic (exact) mass is 472 g/mol. The quantitative estimate of drug-likeness (QED) is 0.299. The average Bonchev–Trinajstić information content (AvgIpc) is 3.26. The van der Waals surface area contributed by atoms with Gasteiger partial charge in [0.05, 0.1) is 13.2 Å². The molecular formula is C27H28N4O2S. The van der Waals surface area contributed by atoms with Gasteiger partial charge in [0.15, 0.2) is 10.6 Å². The van der Waals surface area contributed by atoms with Crippen molar-refractivity contribution >= 4 is 18.1 Å². The maximum absolute atomic E-state index is 13.0. The van der Waals surface area contributed by atoms with Crippen LogP contribution in [0.25, 0.3) is 11.4 Å². The number of methoxy groups -OCH3 is 1.